The Morgan fingerprint density at radius 1 is 1.24 bits per heavy atom. The molecule has 0 saturated heterocycles. The van der Waals surface area contributed by atoms with Gasteiger partial charge >= 0.3 is 0 Å². The van der Waals surface area contributed by atoms with Crippen molar-refractivity contribution in [3.63, 3.8) is 0 Å². The van der Waals surface area contributed by atoms with Gasteiger partial charge in [0.25, 0.3) is 0 Å². The van der Waals surface area contributed by atoms with Gasteiger partial charge in [-0.15, -0.1) is 17.0 Å². The molecular formula is C12H19BrN3Si. The SMILES string of the molecule is Br.CCCCc1ccc2n[nH]nc2c1[Si](C)C. The number of nitrogens with zero attached hydrogens (tertiary/aromatic N) is 2. The third-order valence-electron chi connectivity index (χ3n) is 2.87. The lowest BCUT2D eigenvalue weighted by atomic mass is 10.1. The fraction of sp³-hybridized carbons (Fsp3) is 0.500. The van der Waals surface area contributed by atoms with E-state index in [0.29, 0.717) is 0 Å². The molecule has 1 radical (unpaired) electrons. The molecule has 1 aromatic carbocycles. The van der Waals surface area contributed by atoms with Crippen LogP contribution in [0.1, 0.15) is 25.3 Å². The van der Waals surface area contributed by atoms with E-state index in [1.54, 1.807) is 0 Å². The molecule has 93 valence electrons. The van der Waals surface area contributed by atoms with Crippen molar-refractivity contribution in [1.29, 1.82) is 0 Å². The first kappa shape index (κ1) is 14.4. The Labute approximate surface area is 114 Å². The van der Waals surface area contributed by atoms with Gasteiger partial charge in [-0.25, -0.2) is 0 Å². The van der Waals surface area contributed by atoms with Crippen molar-refractivity contribution in [2.24, 2.45) is 0 Å². The molecule has 0 fully saturated rings. The van der Waals surface area contributed by atoms with Crippen molar-refractivity contribution in [3.8, 4) is 0 Å². The van der Waals surface area contributed by atoms with Crippen LogP contribution in [0.2, 0.25) is 13.1 Å². The third-order valence-corrected chi connectivity index (χ3v) is 4.43. The number of hydrogen-bond donors (Lipinski definition) is 1. The second kappa shape index (κ2) is 6.30. The quantitative estimate of drug-likeness (QED) is 0.882. The number of fused-ring (bicyclic) bond motifs is 1. The van der Waals surface area contributed by atoms with Crippen LogP contribution in [0.3, 0.4) is 0 Å². The molecule has 3 nitrogen and oxygen atoms in total. The first-order valence-electron chi connectivity index (χ1n) is 5.87. The minimum atomic E-state index is -0.490. The number of benzene rings is 1. The molecule has 1 heterocycles. The van der Waals surface area contributed by atoms with Crippen molar-refractivity contribution in [2.45, 2.75) is 39.3 Å². The lowest BCUT2D eigenvalue weighted by Crippen LogP contribution is -2.28. The number of unbranched alkanes of at least 4 members (excludes halogenated alkanes) is 1. The van der Waals surface area contributed by atoms with E-state index in [4.69, 9.17) is 0 Å². The summed E-state index contributed by atoms with van der Waals surface area (Å²) in [5.41, 5.74) is 3.57. The molecule has 1 N–H and O–H groups in total. The van der Waals surface area contributed by atoms with Crippen LogP contribution < -0.4 is 5.19 Å². The lowest BCUT2D eigenvalue weighted by molar-refractivity contribution is 0.798. The molecule has 0 bridgehead atoms. The lowest BCUT2D eigenvalue weighted by Gasteiger charge is -2.11. The second-order valence-electron chi connectivity index (χ2n) is 4.39. The first-order valence-corrected chi connectivity index (χ1v) is 8.37. The highest BCUT2D eigenvalue weighted by molar-refractivity contribution is 8.93. The third kappa shape index (κ3) is 2.96. The number of H-pyrrole nitrogens is 1. The number of aryl methyl sites for hydroxylation is 1. The highest BCUT2D eigenvalue weighted by Crippen LogP contribution is 2.12. The van der Waals surface area contributed by atoms with Gasteiger partial charge in [-0.1, -0.05) is 32.5 Å². The fourth-order valence-corrected chi connectivity index (χ4v) is 3.60. The Hall–Kier alpha value is -0.683. The average molecular weight is 313 g/mol. The number of hydrogen-bond acceptors (Lipinski definition) is 2. The fourth-order valence-electron chi connectivity index (χ4n) is 2.09. The van der Waals surface area contributed by atoms with E-state index in [9.17, 15) is 0 Å². The summed E-state index contributed by atoms with van der Waals surface area (Å²) in [6.45, 7) is 6.88. The van der Waals surface area contributed by atoms with E-state index in [1.807, 2.05) is 0 Å². The molecule has 0 spiro atoms. The summed E-state index contributed by atoms with van der Waals surface area (Å²) in [4.78, 5) is 0. The molecule has 2 aromatic rings. The Balaban J connectivity index is 0.00000144. The van der Waals surface area contributed by atoms with Gasteiger partial charge in [-0.3, -0.25) is 0 Å². The molecule has 1 aromatic heterocycles. The normalized spacial score (nSPS) is 10.8. The van der Waals surface area contributed by atoms with Gasteiger partial charge in [0.15, 0.2) is 0 Å². The zero-order chi connectivity index (χ0) is 11.5. The molecule has 0 amide bonds. The van der Waals surface area contributed by atoms with Crippen molar-refractivity contribution in [2.75, 3.05) is 0 Å². The van der Waals surface area contributed by atoms with Crippen LogP contribution in [0.25, 0.3) is 11.0 Å². The van der Waals surface area contributed by atoms with Crippen molar-refractivity contribution < 1.29 is 0 Å². The van der Waals surface area contributed by atoms with E-state index in [2.05, 4.69) is 47.6 Å². The summed E-state index contributed by atoms with van der Waals surface area (Å²) in [5.74, 6) is 0. The van der Waals surface area contributed by atoms with Gasteiger partial charge in [0, 0.05) is 0 Å². The van der Waals surface area contributed by atoms with E-state index >= 15 is 0 Å². The van der Waals surface area contributed by atoms with Gasteiger partial charge in [-0.05, 0) is 29.7 Å². The molecule has 0 saturated carbocycles. The molecule has 0 aliphatic carbocycles. The van der Waals surface area contributed by atoms with E-state index in [0.717, 1.165) is 11.0 Å². The van der Waals surface area contributed by atoms with E-state index in [1.165, 1.54) is 30.0 Å². The molecule has 2 rings (SSSR count). The van der Waals surface area contributed by atoms with Gasteiger partial charge in [0.05, 0.1) is 8.80 Å². The maximum atomic E-state index is 4.30. The predicted octanol–water partition coefficient (Wildman–Crippen LogP) is 2.84. The van der Waals surface area contributed by atoms with Crippen molar-refractivity contribution >= 4 is 42.0 Å². The minimum Gasteiger partial charge on any atom is -0.197 e. The van der Waals surface area contributed by atoms with Crippen LogP contribution in [0, 0.1) is 0 Å². The van der Waals surface area contributed by atoms with E-state index < -0.39 is 8.80 Å². The molecule has 17 heavy (non-hydrogen) atoms. The second-order valence-corrected chi connectivity index (χ2v) is 6.89. The highest BCUT2D eigenvalue weighted by atomic mass is 79.9. The van der Waals surface area contributed by atoms with Gasteiger partial charge in [0.2, 0.25) is 0 Å². The van der Waals surface area contributed by atoms with Crippen LogP contribution in [-0.4, -0.2) is 24.2 Å². The molecule has 0 aliphatic heterocycles. The summed E-state index contributed by atoms with van der Waals surface area (Å²) >= 11 is 0. The smallest absolute Gasteiger partial charge is 0.112 e. The molecule has 5 heteroatoms. The zero-order valence-electron chi connectivity index (χ0n) is 10.6. The van der Waals surface area contributed by atoms with Gasteiger partial charge in [0.1, 0.15) is 11.0 Å². The Morgan fingerprint density at radius 2 is 2.00 bits per heavy atom. The molecular weight excluding hydrogens is 294 g/mol. The molecule has 0 aliphatic rings. The van der Waals surface area contributed by atoms with Crippen LogP contribution in [0.4, 0.5) is 0 Å². The first-order chi connectivity index (χ1) is 7.74. The maximum absolute atomic E-state index is 4.30. The largest absolute Gasteiger partial charge is 0.197 e. The standard InChI is InChI=1S/C12H18N3Si.BrH/c1-4-5-6-9-7-8-10-11(14-15-13-10)12(9)16(2)3;/h7-8H,4-6H2,1-3H3,(H,13,14,15);1H. The number of nitrogens with one attached hydrogen (secondary N) is 1. The summed E-state index contributed by atoms with van der Waals surface area (Å²) in [5, 5.41) is 12.7. The molecule has 0 atom stereocenters. The minimum absolute atomic E-state index is 0. The topological polar surface area (TPSA) is 41.6 Å². The Morgan fingerprint density at radius 3 is 2.65 bits per heavy atom. The van der Waals surface area contributed by atoms with E-state index in [-0.39, 0.29) is 17.0 Å². The van der Waals surface area contributed by atoms with Crippen LogP contribution >= 0.6 is 17.0 Å². The summed E-state index contributed by atoms with van der Waals surface area (Å²) in [7, 11) is -0.490. The predicted molar refractivity (Wildman–Crippen MR) is 79.9 cm³/mol. The summed E-state index contributed by atoms with van der Waals surface area (Å²) in [6, 6.07) is 4.31. The average Bonchev–Trinajstić information content (AvgIpc) is 2.72. The van der Waals surface area contributed by atoms with Crippen LogP contribution in [0.15, 0.2) is 12.1 Å². The molecule has 0 unspecified atom stereocenters. The summed E-state index contributed by atoms with van der Waals surface area (Å²) < 4.78 is 0. The number of aromatic amines is 1. The highest BCUT2D eigenvalue weighted by Gasteiger charge is 2.14. The zero-order valence-corrected chi connectivity index (χ0v) is 13.3. The summed E-state index contributed by atoms with van der Waals surface area (Å²) in [6.07, 6.45) is 3.67. The van der Waals surface area contributed by atoms with Crippen LogP contribution in [-0.2, 0) is 6.42 Å². The monoisotopic (exact) mass is 312 g/mol. The Bertz CT molecular complexity index is 482. The van der Waals surface area contributed by atoms with Crippen LogP contribution in [0.5, 0.6) is 0 Å². The number of halogens is 1. The van der Waals surface area contributed by atoms with Crippen molar-refractivity contribution in [3.05, 3.63) is 17.7 Å². The maximum Gasteiger partial charge on any atom is 0.112 e. The Kier molecular flexibility index (Phi) is 5.33. The van der Waals surface area contributed by atoms with Crippen molar-refractivity contribution in [1.82, 2.24) is 15.4 Å². The van der Waals surface area contributed by atoms with Gasteiger partial charge < -0.3 is 0 Å². The number of rotatable bonds is 4. The van der Waals surface area contributed by atoms with Gasteiger partial charge in [-0.2, -0.15) is 15.4 Å². The number of aromatic nitrogens is 3.